The van der Waals surface area contributed by atoms with Crippen molar-refractivity contribution in [1.29, 1.82) is 0 Å². The summed E-state index contributed by atoms with van der Waals surface area (Å²) in [5.41, 5.74) is -2.01. The Bertz CT molecular complexity index is 829. The summed E-state index contributed by atoms with van der Waals surface area (Å²) in [6, 6.07) is 9.45. The van der Waals surface area contributed by atoms with E-state index in [1.54, 1.807) is 25.2 Å². The molecule has 4 atom stereocenters. The van der Waals surface area contributed by atoms with Crippen LogP contribution in [0.3, 0.4) is 0 Å². The van der Waals surface area contributed by atoms with E-state index >= 15 is 0 Å². The molecule has 0 amide bonds. The number of allylic oxidation sites excluding steroid dienone is 4. The average molecular weight is 352 g/mol. The number of carbonyl (C=O) groups excluding carboxylic acids is 2. The molecule has 26 heavy (non-hydrogen) atoms. The fraction of sp³-hybridized carbons (Fsp3) is 0.364. The highest BCUT2D eigenvalue weighted by molar-refractivity contribution is 6.21. The predicted octanol–water partition coefficient (Wildman–Crippen LogP) is 3.64. The second kappa shape index (κ2) is 6.36. The predicted molar refractivity (Wildman–Crippen MR) is 99.6 cm³/mol. The average Bonchev–Trinajstić information content (AvgIpc) is 2.62. The molecule has 2 bridgehead atoms. The summed E-state index contributed by atoms with van der Waals surface area (Å²) in [7, 11) is 0. The number of aliphatic hydroxyl groups excluding tert-OH is 1. The SMILES string of the molecule is CC=CC=CC(O)=C1C(=O)C2(C)C(=O)C(C)(O)C1CC2c1ccccc1. The molecule has 0 radical (unpaired) electrons. The third-order valence-corrected chi connectivity index (χ3v) is 5.88. The lowest BCUT2D eigenvalue weighted by molar-refractivity contribution is -0.170. The van der Waals surface area contributed by atoms with Crippen LogP contribution in [0.25, 0.3) is 0 Å². The zero-order chi connectivity index (χ0) is 19.1. The van der Waals surface area contributed by atoms with Crippen molar-refractivity contribution >= 4 is 11.6 Å². The third-order valence-electron chi connectivity index (χ3n) is 5.88. The van der Waals surface area contributed by atoms with Crippen molar-refractivity contribution in [1.82, 2.24) is 0 Å². The van der Waals surface area contributed by atoms with Gasteiger partial charge in [-0.25, -0.2) is 0 Å². The van der Waals surface area contributed by atoms with Gasteiger partial charge in [-0.1, -0.05) is 48.6 Å². The van der Waals surface area contributed by atoms with Gasteiger partial charge in [0.2, 0.25) is 0 Å². The first-order chi connectivity index (χ1) is 12.3. The monoisotopic (exact) mass is 352 g/mol. The minimum atomic E-state index is -1.67. The number of hydrogen-bond donors (Lipinski definition) is 2. The highest BCUT2D eigenvalue weighted by Gasteiger charge is 2.68. The van der Waals surface area contributed by atoms with Crippen molar-refractivity contribution in [3.8, 4) is 0 Å². The van der Waals surface area contributed by atoms with Gasteiger partial charge in [0.15, 0.2) is 11.6 Å². The number of carbonyl (C=O) groups is 2. The van der Waals surface area contributed by atoms with Crippen LogP contribution in [0.1, 0.15) is 38.7 Å². The van der Waals surface area contributed by atoms with Crippen LogP contribution in [0.4, 0.5) is 0 Å². The van der Waals surface area contributed by atoms with Gasteiger partial charge in [0.25, 0.3) is 0 Å². The Kier molecular flexibility index (Phi) is 4.49. The zero-order valence-corrected chi connectivity index (χ0v) is 15.3. The standard InChI is InChI=1S/C22H24O4/c1-4-5-7-12-17(23)18-16-13-15(14-10-8-6-9-11-14)21(2,19(18)24)20(25)22(16,3)26/h4-12,15-16,23,26H,13H2,1-3H3. The maximum Gasteiger partial charge on any atom is 0.178 e. The molecule has 3 aliphatic rings. The lowest BCUT2D eigenvalue weighted by atomic mass is 9.46. The van der Waals surface area contributed by atoms with Gasteiger partial charge in [0.05, 0.1) is 5.41 Å². The van der Waals surface area contributed by atoms with Gasteiger partial charge in [-0.15, -0.1) is 0 Å². The van der Waals surface area contributed by atoms with E-state index in [1.807, 2.05) is 37.3 Å². The number of aliphatic hydroxyl groups is 2. The number of Topliss-reactive ketones (excluding diaryl/α,β-unsaturated/α-hetero) is 2. The normalized spacial score (nSPS) is 36.3. The zero-order valence-electron chi connectivity index (χ0n) is 15.3. The quantitative estimate of drug-likeness (QED) is 0.377. The molecule has 0 aromatic heterocycles. The van der Waals surface area contributed by atoms with Gasteiger partial charge < -0.3 is 10.2 Å². The highest BCUT2D eigenvalue weighted by atomic mass is 16.3. The molecule has 136 valence electrons. The molecule has 4 heteroatoms. The molecule has 0 saturated heterocycles. The molecular weight excluding hydrogens is 328 g/mol. The van der Waals surface area contributed by atoms with E-state index in [0.717, 1.165) is 5.56 Å². The van der Waals surface area contributed by atoms with Crippen LogP contribution >= 0.6 is 0 Å². The smallest absolute Gasteiger partial charge is 0.178 e. The maximum absolute atomic E-state index is 13.3. The number of fused-ring (bicyclic) bond motifs is 3. The molecule has 1 aromatic rings. The van der Waals surface area contributed by atoms with E-state index < -0.39 is 22.7 Å². The summed E-state index contributed by atoms with van der Waals surface area (Å²) in [4.78, 5) is 26.3. The molecule has 3 fully saturated rings. The summed E-state index contributed by atoms with van der Waals surface area (Å²) >= 11 is 0. The molecule has 4 nitrogen and oxygen atoms in total. The number of hydrogen-bond acceptors (Lipinski definition) is 4. The van der Waals surface area contributed by atoms with Crippen LogP contribution in [0, 0.1) is 11.3 Å². The Morgan fingerprint density at radius 1 is 1.12 bits per heavy atom. The first kappa shape index (κ1) is 18.3. The molecule has 3 saturated carbocycles. The topological polar surface area (TPSA) is 74.6 Å². The van der Waals surface area contributed by atoms with E-state index in [-0.39, 0.29) is 23.0 Å². The molecule has 1 aromatic carbocycles. The summed E-state index contributed by atoms with van der Waals surface area (Å²) in [5.74, 6) is -2.07. The molecule has 0 aliphatic heterocycles. The Labute approximate surface area is 153 Å². The Morgan fingerprint density at radius 2 is 1.77 bits per heavy atom. The van der Waals surface area contributed by atoms with Gasteiger partial charge in [-0.05, 0) is 38.8 Å². The van der Waals surface area contributed by atoms with Crippen LogP contribution in [-0.2, 0) is 9.59 Å². The highest BCUT2D eigenvalue weighted by Crippen LogP contribution is 2.59. The maximum atomic E-state index is 13.3. The first-order valence-corrected chi connectivity index (χ1v) is 8.85. The Morgan fingerprint density at radius 3 is 2.38 bits per heavy atom. The van der Waals surface area contributed by atoms with Crippen molar-refractivity contribution < 1.29 is 19.8 Å². The minimum absolute atomic E-state index is 0.157. The molecule has 0 spiro atoms. The number of benzene rings is 1. The van der Waals surface area contributed by atoms with Crippen molar-refractivity contribution in [3.63, 3.8) is 0 Å². The second-order valence-electron chi connectivity index (χ2n) is 7.44. The van der Waals surface area contributed by atoms with Crippen LogP contribution in [0.2, 0.25) is 0 Å². The fourth-order valence-electron chi connectivity index (χ4n) is 4.44. The van der Waals surface area contributed by atoms with Gasteiger partial charge in [-0.3, -0.25) is 9.59 Å². The van der Waals surface area contributed by atoms with Crippen molar-refractivity contribution in [3.05, 3.63) is 71.5 Å². The minimum Gasteiger partial charge on any atom is -0.508 e. The molecular formula is C22H24O4. The van der Waals surface area contributed by atoms with E-state index in [4.69, 9.17) is 0 Å². The van der Waals surface area contributed by atoms with Gasteiger partial charge >= 0.3 is 0 Å². The fourth-order valence-corrected chi connectivity index (χ4v) is 4.44. The van der Waals surface area contributed by atoms with E-state index in [2.05, 4.69) is 0 Å². The van der Waals surface area contributed by atoms with Crippen LogP contribution in [0.5, 0.6) is 0 Å². The van der Waals surface area contributed by atoms with Crippen molar-refractivity contribution in [2.24, 2.45) is 11.3 Å². The van der Waals surface area contributed by atoms with Gasteiger partial charge in [-0.2, -0.15) is 0 Å². The summed E-state index contributed by atoms with van der Waals surface area (Å²) < 4.78 is 0. The van der Waals surface area contributed by atoms with E-state index in [0.29, 0.717) is 6.42 Å². The molecule has 3 aliphatic carbocycles. The molecule has 2 N–H and O–H groups in total. The van der Waals surface area contributed by atoms with Crippen LogP contribution in [-0.4, -0.2) is 27.4 Å². The summed E-state index contributed by atoms with van der Waals surface area (Å²) in [6.45, 7) is 4.90. The molecule has 4 rings (SSSR count). The number of ketones is 2. The molecule has 0 heterocycles. The number of rotatable bonds is 3. The first-order valence-electron chi connectivity index (χ1n) is 8.85. The lowest BCUT2D eigenvalue weighted by Gasteiger charge is -2.55. The summed E-state index contributed by atoms with van der Waals surface area (Å²) in [6.07, 6.45) is 7.04. The van der Waals surface area contributed by atoms with Gasteiger partial charge in [0.1, 0.15) is 11.4 Å². The lowest BCUT2D eigenvalue weighted by Crippen LogP contribution is -2.66. The van der Waals surface area contributed by atoms with Crippen molar-refractivity contribution in [2.75, 3.05) is 0 Å². The molecule has 4 unspecified atom stereocenters. The third kappa shape index (κ3) is 2.48. The Hall–Kier alpha value is -2.46. The second-order valence-corrected chi connectivity index (χ2v) is 7.44. The van der Waals surface area contributed by atoms with Gasteiger partial charge in [0, 0.05) is 17.4 Å². The van der Waals surface area contributed by atoms with Crippen molar-refractivity contribution in [2.45, 2.75) is 38.7 Å². The van der Waals surface area contributed by atoms with E-state index in [1.165, 1.54) is 13.0 Å². The summed E-state index contributed by atoms with van der Waals surface area (Å²) in [5, 5.41) is 21.4. The van der Waals surface area contributed by atoms with Crippen LogP contribution < -0.4 is 0 Å². The largest absolute Gasteiger partial charge is 0.508 e. The Balaban J connectivity index is 2.16. The van der Waals surface area contributed by atoms with Crippen LogP contribution in [0.15, 0.2) is 66.0 Å². The van der Waals surface area contributed by atoms with E-state index in [9.17, 15) is 19.8 Å².